The van der Waals surface area contributed by atoms with E-state index in [0.717, 1.165) is 34.3 Å². The lowest BCUT2D eigenvalue weighted by molar-refractivity contribution is -0.113. The zero-order chi connectivity index (χ0) is 19.4. The minimum absolute atomic E-state index is 0.0896. The first kappa shape index (κ1) is 19.5. The first-order chi connectivity index (χ1) is 13.0. The number of nitrogens with one attached hydrogen (secondary N) is 1. The van der Waals surface area contributed by atoms with Crippen LogP contribution in [0.3, 0.4) is 0 Å². The number of rotatable bonds is 6. The molecule has 0 saturated heterocycles. The summed E-state index contributed by atoms with van der Waals surface area (Å²) in [5.41, 5.74) is 3.89. The fourth-order valence-electron chi connectivity index (χ4n) is 2.76. The number of anilines is 1. The van der Waals surface area contributed by atoms with Gasteiger partial charge in [0, 0.05) is 22.8 Å². The highest BCUT2D eigenvalue weighted by molar-refractivity contribution is 7.99. The highest BCUT2D eigenvalue weighted by atomic mass is 35.5. The van der Waals surface area contributed by atoms with E-state index in [4.69, 9.17) is 11.6 Å². The summed E-state index contributed by atoms with van der Waals surface area (Å²) in [5.74, 6) is 0.986. The predicted octanol–water partition coefficient (Wildman–Crippen LogP) is 4.97. The third-order valence-electron chi connectivity index (χ3n) is 4.10. The summed E-state index contributed by atoms with van der Waals surface area (Å²) in [6.07, 6.45) is 0. The largest absolute Gasteiger partial charge is 0.325 e. The van der Waals surface area contributed by atoms with Gasteiger partial charge in [0.2, 0.25) is 5.91 Å². The summed E-state index contributed by atoms with van der Waals surface area (Å²) < 4.78 is 2.03. The van der Waals surface area contributed by atoms with Gasteiger partial charge in [-0.2, -0.15) is 0 Å². The molecule has 0 saturated carbocycles. The molecule has 5 nitrogen and oxygen atoms in total. The van der Waals surface area contributed by atoms with Crippen LogP contribution in [0.1, 0.15) is 18.1 Å². The summed E-state index contributed by atoms with van der Waals surface area (Å²) in [7, 11) is 0. The number of hydrogen-bond acceptors (Lipinski definition) is 4. The second-order valence-electron chi connectivity index (χ2n) is 6.22. The Labute approximate surface area is 168 Å². The first-order valence-electron chi connectivity index (χ1n) is 8.67. The number of aryl methyl sites for hydroxylation is 2. The fourth-order valence-corrected chi connectivity index (χ4v) is 3.79. The molecular weight excluding hydrogens is 380 g/mol. The number of nitrogens with zero attached hydrogens (tertiary/aromatic N) is 3. The molecule has 3 aromatic rings. The second-order valence-corrected chi connectivity index (χ2v) is 7.59. The Balaban J connectivity index is 1.70. The van der Waals surface area contributed by atoms with Crippen LogP contribution in [0, 0.1) is 13.8 Å². The number of thioether (sulfide) groups is 1. The van der Waals surface area contributed by atoms with Gasteiger partial charge in [-0.3, -0.25) is 4.79 Å². The zero-order valence-corrected chi connectivity index (χ0v) is 17.1. The molecule has 0 bridgehead atoms. The number of aromatic nitrogens is 3. The van der Waals surface area contributed by atoms with Crippen molar-refractivity contribution in [3.63, 3.8) is 0 Å². The normalized spacial score (nSPS) is 10.8. The SMILES string of the molecule is CCn1c(SCC(=O)Nc2ccc(Cl)cc2C)nnc1-c1cccc(C)c1. The molecule has 140 valence electrons. The van der Waals surface area contributed by atoms with Gasteiger partial charge < -0.3 is 9.88 Å². The van der Waals surface area contributed by atoms with Crippen LogP contribution in [0.25, 0.3) is 11.4 Å². The van der Waals surface area contributed by atoms with Gasteiger partial charge in [-0.1, -0.05) is 47.1 Å². The molecule has 0 aliphatic heterocycles. The predicted molar refractivity (Wildman–Crippen MR) is 111 cm³/mol. The minimum atomic E-state index is -0.0896. The van der Waals surface area contributed by atoms with E-state index in [-0.39, 0.29) is 11.7 Å². The van der Waals surface area contributed by atoms with Crippen molar-refractivity contribution in [1.82, 2.24) is 14.8 Å². The van der Waals surface area contributed by atoms with Gasteiger partial charge in [0.1, 0.15) is 0 Å². The van der Waals surface area contributed by atoms with Crippen molar-refractivity contribution >= 4 is 35.0 Å². The molecule has 0 aliphatic carbocycles. The summed E-state index contributed by atoms with van der Waals surface area (Å²) in [5, 5.41) is 12.9. The smallest absolute Gasteiger partial charge is 0.234 e. The molecule has 0 unspecified atom stereocenters. The van der Waals surface area contributed by atoms with Crippen LogP contribution < -0.4 is 5.32 Å². The van der Waals surface area contributed by atoms with Gasteiger partial charge >= 0.3 is 0 Å². The molecule has 0 atom stereocenters. The minimum Gasteiger partial charge on any atom is -0.325 e. The summed E-state index contributed by atoms with van der Waals surface area (Å²) >= 11 is 7.33. The molecule has 0 radical (unpaired) electrons. The number of benzene rings is 2. The molecule has 1 aromatic heterocycles. The van der Waals surface area contributed by atoms with Crippen molar-refractivity contribution in [2.75, 3.05) is 11.1 Å². The van der Waals surface area contributed by atoms with Gasteiger partial charge in [-0.05, 0) is 50.6 Å². The van der Waals surface area contributed by atoms with Crippen molar-refractivity contribution in [2.45, 2.75) is 32.5 Å². The van der Waals surface area contributed by atoms with Crippen LogP contribution in [-0.2, 0) is 11.3 Å². The molecule has 27 heavy (non-hydrogen) atoms. The molecule has 1 N–H and O–H groups in total. The number of carbonyl (C=O) groups excluding carboxylic acids is 1. The quantitative estimate of drug-likeness (QED) is 0.593. The number of amides is 1. The van der Waals surface area contributed by atoms with Crippen molar-refractivity contribution < 1.29 is 4.79 Å². The Morgan fingerprint density at radius 2 is 2.00 bits per heavy atom. The summed E-state index contributed by atoms with van der Waals surface area (Å²) in [4.78, 5) is 12.3. The van der Waals surface area contributed by atoms with E-state index in [0.29, 0.717) is 5.02 Å². The lowest BCUT2D eigenvalue weighted by Gasteiger charge is -2.09. The van der Waals surface area contributed by atoms with Crippen LogP contribution in [0.4, 0.5) is 5.69 Å². The van der Waals surface area contributed by atoms with Crippen LogP contribution in [0.5, 0.6) is 0 Å². The average Bonchev–Trinajstić information content (AvgIpc) is 3.05. The number of halogens is 1. The maximum atomic E-state index is 12.3. The van der Waals surface area contributed by atoms with Crippen LogP contribution >= 0.6 is 23.4 Å². The number of carbonyl (C=O) groups is 1. The first-order valence-corrected chi connectivity index (χ1v) is 10.0. The Bertz CT molecular complexity index is 970. The molecule has 7 heteroatoms. The molecule has 0 spiro atoms. The Kier molecular flexibility index (Phi) is 6.19. The molecule has 0 aliphatic rings. The van der Waals surface area contributed by atoms with Crippen molar-refractivity contribution in [3.05, 3.63) is 58.6 Å². The lowest BCUT2D eigenvalue weighted by Crippen LogP contribution is -2.15. The van der Waals surface area contributed by atoms with Gasteiger partial charge in [0.05, 0.1) is 5.75 Å². The molecule has 0 fully saturated rings. The number of hydrogen-bond donors (Lipinski definition) is 1. The van der Waals surface area contributed by atoms with E-state index in [1.807, 2.05) is 42.7 Å². The maximum Gasteiger partial charge on any atom is 0.234 e. The van der Waals surface area contributed by atoms with E-state index < -0.39 is 0 Å². The second kappa shape index (κ2) is 8.59. The molecule has 1 amide bonds. The Hall–Kier alpha value is -2.31. The average molecular weight is 401 g/mol. The zero-order valence-electron chi connectivity index (χ0n) is 15.5. The van der Waals surface area contributed by atoms with Crippen molar-refractivity contribution in [1.29, 1.82) is 0 Å². The topological polar surface area (TPSA) is 59.8 Å². The van der Waals surface area contributed by atoms with Gasteiger partial charge in [-0.15, -0.1) is 10.2 Å². The third-order valence-corrected chi connectivity index (χ3v) is 5.31. The molecule has 1 heterocycles. The third kappa shape index (κ3) is 4.70. The van der Waals surface area contributed by atoms with Crippen LogP contribution in [0.2, 0.25) is 5.02 Å². The van der Waals surface area contributed by atoms with E-state index >= 15 is 0 Å². The van der Waals surface area contributed by atoms with Crippen molar-refractivity contribution in [3.8, 4) is 11.4 Å². The Morgan fingerprint density at radius 3 is 2.70 bits per heavy atom. The van der Waals surface area contributed by atoms with Gasteiger partial charge in [0.15, 0.2) is 11.0 Å². The Morgan fingerprint density at radius 1 is 1.19 bits per heavy atom. The summed E-state index contributed by atoms with van der Waals surface area (Å²) in [6.45, 7) is 6.74. The molecule has 3 rings (SSSR count). The highest BCUT2D eigenvalue weighted by Gasteiger charge is 2.15. The summed E-state index contributed by atoms with van der Waals surface area (Å²) in [6, 6.07) is 13.6. The standard InChI is InChI=1S/C20H21ClN4OS/c1-4-25-19(15-7-5-6-13(2)10-15)23-24-20(25)27-12-18(26)22-17-9-8-16(21)11-14(17)3/h5-11H,4,12H2,1-3H3,(H,22,26). The monoisotopic (exact) mass is 400 g/mol. The van der Waals surface area contributed by atoms with Gasteiger partial charge in [-0.25, -0.2) is 0 Å². The van der Waals surface area contributed by atoms with E-state index in [1.54, 1.807) is 6.07 Å². The maximum absolute atomic E-state index is 12.3. The van der Waals surface area contributed by atoms with Crippen LogP contribution in [0.15, 0.2) is 47.6 Å². The molecule has 2 aromatic carbocycles. The van der Waals surface area contributed by atoms with Crippen LogP contribution in [-0.4, -0.2) is 26.4 Å². The van der Waals surface area contributed by atoms with E-state index in [1.165, 1.54) is 17.3 Å². The molecular formula is C20H21ClN4OS. The van der Waals surface area contributed by atoms with E-state index in [2.05, 4.69) is 34.6 Å². The van der Waals surface area contributed by atoms with Gasteiger partial charge in [0.25, 0.3) is 0 Å². The lowest BCUT2D eigenvalue weighted by atomic mass is 10.1. The fraction of sp³-hybridized carbons (Fsp3) is 0.250. The van der Waals surface area contributed by atoms with Crippen molar-refractivity contribution in [2.24, 2.45) is 0 Å². The van der Waals surface area contributed by atoms with E-state index in [9.17, 15) is 4.79 Å². The highest BCUT2D eigenvalue weighted by Crippen LogP contribution is 2.25.